The van der Waals surface area contributed by atoms with Crippen molar-refractivity contribution in [1.29, 1.82) is 0 Å². The first kappa shape index (κ1) is 18.5. The molecule has 0 spiro atoms. The van der Waals surface area contributed by atoms with E-state index in [1.807, 2.05) is 13.0 Å². The van der Waals surface area contributed by atoms with Crippen molar-refractivity contribution in [3.05, 3.63) is 35.6 Å². The highest BCUT2D eigenvalue weighted by Gasteiger charge is 2.54. The lowest BCUT2D eigenvalue weighted by molar-refractivity contribution is -0.148. The van der Waals surface area contributed by atoms with Crippen molar-refractivity contribution in [2.24, 2.45) is 23.2 Å². The second-order valence-electron chi connectivity index (χ2n) is 8.92. The second kappa shape index (κ2) is 7.25. The number of hydrogen-bond acceptors (Lipinski definition) is 2. The van der Waals surface area contributed by atoms with Gasteiger partial charge in [-0.15, -0.1) is 0 Å². The standard InChI is InChI=1S/C22H29FN2O2/c1-2-25(14-15-4-3-5-19(23)9-15)20(26)13-24-21(27)22-10-16-6-17(11-22)8-18(7-16)12-22/h3-5,9,16-18H,2,6-8,10-14H2,1H3,(H,24,27). The van der Waals surface area contributed by atoms with Crippen LogP contribution in [0.3, 0.4) is 0 Å². The molecule has 146 valence electrons. The van der Waals surface area contributed by atoms with Crippen molar-refractivity contribution in [2.75, 3.05) is 13.1 Å². The molecule has 0 atom stereocenters. The SMILES string of the molecule is CCN(Cc1cccc(F)c1)C(=O)CNC(=O)C12CC3CC(CC(C3)C1)C2. The molecule has 0 aromatic heterocycles. The molecular weight excluding hydrogens is 343 g/mol. The molecule has 1 aromatic rings. The molecule has 1 N–H and O–H groups in total. The normalized spacial score (nSPS) is 31.0. The van der Waals surface area contributed by atoms with Gasteiger partial charge in [0.25, 0.3) is 0 Å². The summed E-state index contributed by atoms with van der Waals surface area (Å²) in [7, 11) is 0. The maximum atomic E-state index is 13.4. The topological polar surface area (TPSA) is 49.4 Å². The molecule has 4 fully saturated rings. The minimum absolute atomic E-state index is 0.0315. The van der Waals surface area contributed by atoms with Gasteiger partial charge in [0, 0.05) is 18.5 Å². The largest absolute Gasteiger partial charge is 0.347 e. The van der Waals surface area contributed by atoms with Crippen LogP contribution in [-0.4, -0.2) is 29.8 Å². The average molecular weight is 372 g/mol. The molecule has 4 nitrogen and oxygen atoms in total. The molecule has 5 rings (SSSR count). The molecule has 4 aliphatic rings. The van der Waals surface area contributed by atoms with Gasteiger partial charge in [-0.1, -0.05) is 12.1 Å². The third-order valence-corrected chi connectivity index (χ3v) is 6.92. The number of nitrogens with zero attached hydrogens (tertiary/aromatic N) is 1. The van der Waals surface area contributed by atoms with Crippen LogP contribution >= 0.6 is 0 Å². The minimum atomic E-state index is -0.300. The van der Waals surface area contributed by atoms with Gasteiger partial charge in [0.2, 0.25) is 11.8 Å². The average Bonchev–Trinajstić information content (AvgIpc) is 2.62. The molecule has 4 bridgehead atoms. The Labute approximate surface area is 160 Å². The number of benzene rings is 1. The lowest BCUT2D eigenvalue weighted by Gasteiger charge is -2.55. The molecule has 0 radical (unpaired) electrons. The first-order chi connectivity index (χ1) is 13.0. The van der Waals surface area contributed by atoms with Gasteiger partial charge in [0.05, 0.1) is 6.54 Å². The van der Waals surface area contributed by atoms with Crippen LogP contribution < -0.4 is 5.32 Å². The van der Waals surface area contributed by atoms with Crippen molar-refractivity contribution in [3.8, 4) is 0 Å². The van der Waals surface area contributed by atoms with Crippen molar-refractivity contribution in [1.82, 2.24) is 10.2 Å². The fourth-order valence-electron chi connectivity index (χ4n) is 6.08. The van der Waals surface area contributed by atoms with Crippen molar-refractivity contribution >= 4 is 11.8 Å². The summed E-state index contributed by atoms with van der Waals surface area (Å²) >= 11 is 0. The lowest BCUT2D eigenvalue weighted by atomic mass is 9.49. The minimum Gasteiger partial charge on any atom is -0.347 e. The summed E-state index contributed by atoms with van der Waals surface area (Å²) in [4.78, 5) is 27.3. The zero-order valence-corrected chi connectivity index (χ0v) is 16.0. The molecular formula is C22H29FN2O2. The van der Waals surface area contributed by atoms with E-state index in [9.17, 15) is 14.0 Å². The molecule has 1 aromatic carbocycles. The zero-order valence-electron chi connectivity index (χ0n) is 16.0. The number of amides is 2. The van der Waals surface area contributed by atoms with E-state index in [1.54, 1.807) is 11.0 Å². The zero-order chi connectivity index (χ0) is 19.0. The van der Waals surface area contributed by atoms with Crippen LogP contribution in [0.25, 0.3) is 0 Å². The molecule has 0 heterocycles. The highest BCUT2D eigenvalue weighted by molar-refractivity contribution is 5.88. The Morgan fingerprint density at radius 1 is 1.15 bits per heavy atom. The van der Waals surface area contributed by atoms with Gasteiger partial charge in [-0.25, -0.2) is 4.39 Å². The van der Waals surface area contributed by atoms with Crippen LogP contribution in [0.15, 0.2) is 24.3 Å². The fourth-order valence-corrected chi connectivity index (χ4v) is 6.08. The van der Waals surface area contributed by atoms with Crippen LogP contribution in [0.1, 0.15) is 51.0 Å². The summed E-state index contributed by atoms with van der Waals surface area (Å²) < 4.78 is 13.4. The molecule has 0 aliphatic heterocycles. The highest BCUT2D eigenvalue weighted by Crippen LogP contribution is 2.60. The number of hydrogen-bond donors (Lipinski definition) is 1. The molecule has 2 amide bonds. The maximum Gasteiger partial charge on any atom is 0.242 e. The molecule has 27 heavy (non-hydrogen) atoms. The van der Waals surface area contributed by atoms with Crippen molar-refractivity contribution < 1.29 is 14.0 Å². The van der Waals surface area contributed by atoms with Crippen LogP contribution in [0.4, 0.5) is 4.39 Å². The van der Waals surface area contributed by atoms with E-state index >= 15 is 0 Å². The van der Waals surface area contributed by atoms with E-state index in [0.29, 0.717) is 30.8 Å². The van der Waals surface area contributed by atoms with E-state index in [0.717, 1.165) is 24.8 Å². The first-order valence-corrected chi connectivity index (χ1v) is 10.3. The number of halogens is 1. The van der Waals surface area contributed by atoms with E-state index < -0.39 is 0 Å². The third-order valence-electron chi connectivity index (χ3n) is 6.92. The predicted molar refractivity (Wildman–Crippen MR) is 101 cm³/mol. The van der Waals surface area contributed by atoms with Gasteiger partial charge >= 0.3 is 0 Å². The quantitative estimate of drug-likeness (QED) is 0.831. The summed E-state index contributed by atoms with van der Waals surface area (Å²) in [6.07, 6.45) is 6.88. The summed E-state index contributed by atoms with van der Waals surface area (Å²) in [6.45, 7) is 2.82. The van der Waals surface area contributed by atoms with Gasteiger partial charge < -0.3 is 10.2 Å². The number of carbonyl (C=O) groups excluding carboxylic acids is 2. The molecule has 4 aliphatic carbocycles. The number of rotatable bonds is 6. The summed E-state index contributed by atoms with van der Waals surface area (Å²) in [6, 6.07) is 6.31. The predicted octanol–water partition coefficient (Wildman–Crippen LogP) is 3.51. The fraction of sp³-hybridized carbons (Fsp3) is 0.636. The smallest absolute Gasteiger partial charge is 0.242 e. The van der Waals surface area contributed by atoms with Gasteiger partial charge in [-0.2, -0.15) is 0 Å². The Morgan fingerprint density at radius 2 is 1.78 bits per heavy atom. The Kier molecular flexibility index (Phi) is 4.95. The molecule has 0 saturated heterocycles. The van der Waals surface area contributed by atoms with Gasteiger partial charge in [-0.3, -0.25) is 9.59 Å². The molecule has 4 saturated carbocycles. The molecule has 5 heteroatoms. The van der Waals surface area contributed by atoms with Crippen molar-refractivity contribution in [2.45, 2.75) is 52.0 Å². The van der Waals surface area contributed by atoms with Crippen LogP contribution in [0.5, 0.6) is 0 Å². The Hall–Kier alpha value is -1.91. The Bertz CT molecular complexity index is 697. The first-order valence-electron chi connectivity index (χ1n) is 10.3. The number of likely N-dealkylation sites (N-methyl/N-ethyl adjacent to an activating group) is 1. The van der Waals surface area contributed by atoms with Crippen LogP contribution in [0, 0.1) is 29.0 Å². The summed E-state index contributed by atoms with van der Waals surface area (Å²) in [5.41, 5.74) is 0.534. The van der Waals surface area contributed by atoms with Gasteiger partial charge in [0.1, 0.15) is 5.82 Å². The highest BCUT2D eigenvalue weighted by atomic mass is 19.1. The molecule has 0 unspecified atom stereocenters. The maximum absolute atomic E-state index is 13.4. The van der Waals surface area contributed by atoms with Crippen LogP contribution in [0.2, 0.25) is 0 Å². The van der Waals surface area contributed by atoms with Gasteiger partial charge in [0.15, 0.2) is 0 Å². The van der Waals surface area contributed by atoms with E-state index in [1.165, 1.54) is 31.4 Å². The second-order valence-corrected chi connectivity index (χ2v) is 8.92. The van der Waals surface area contributed by atoms with E-state index in [-0.39, 0.29) is 29.6 Å². The van der Waals surface area contributed by atoms with Crippen LogP contribution in [-0.2, 0) is 16.1 Å². The Balaban J connectivity index is 1.34. The Morgan fingerprint density at radius 3 is 2.33 bits per heavy atom. The van der Waals surface area contributed by atoms with E-state index in [4.69, 9.17) is 0 Å². The lowest BCUT2D eigenvalue weighted by Crippen LogP contribution is -2.54. The van der Waals surface area contributed by atoms with Crippen molar-refractivity contribution in [3.63, 3.8) is 0 Å². The number of carbonyl (C=O) groups is 2. The summed E-state index contributed by atoms with van der Waals surface area (Å²) in [5, 5.41) is 2.95. The monoisotopic (exact) mass is 372 g/mol. The summed E-state index contributed by atoms with van der Waals surface area (Å²) in [5.74, 6) is 1.79. The van der Waals surface area contributed by atoms with Gasteiger partial charge in [-0.05, 0) is 80.9 Å². The van der Waals surface area contributed by atoms with E-state index in [2.05, 4.69) is 5.32 Å². The number of nitrogens with one attached hydrogen (secondary N) is 1. The third kappa shape index (κ3) is 3.74.